The van der Waals surface area contributed by atoms with Gasteiger partial charge in [0.15, 0.2) is 0 Å². The third-order valence-corrected chi connectivity index (χ3v) is 4.15. The molecular formula is C20H17F2N3O4. The quantitative estimate of drug-likeness (QED) is 0.618. The Morgan fingerprint density at radius 2 is 2.00 bits per heavy atom. The number of aromatic nitrogens is 2. The number of aromatic amines is 1. The van der Waals surface area contributed by atoms with Gasteiger partial charge in [-0.1, -0.05) is 12.1 Å². The van der Waals surface area contributed by atoms with E-state index in [0.29, 0.717) is 17.0 Å². The predicted octanol–water partition coefficient (Wildman–Crippen LogP) is 2.37. The number of nitrogens with zero attached hydrogens (tertiary/aromatic N) is 1. The van der Waals surface area contributed by atoms with Crippen molar-refractivity contribution in [3.63, 3.8) is 0 Å². The van der Waals surface area contributed by atoms with Crippen molar-refractivity contribution in [1.29, 1.82) is 0 Å². The molecule has 7 nitrogen and oxygen atoms in total. The lowest BCUT2D eigenvalue weighted by Crippen LogP contribution is -2.27. The van der Waals surface area contributed by atoms with Gasteiger partial charge in [-0.15, -0.1) is 0 Å². The normalized spacial score (nSPS) is 10.7. The Kier molecular flexibility index (Phi) is 5.96. The topological polar surface area (TPSA) is 101 Å². The van der Waals surface area contributed by atoms with Gasteiger partial charge in [0.1, 0.15) is 24.1 Å². The maximum atomic E-state index is 13.5. The molecule has 1 amide bonds. The smallest absolute Gasteiger partial charge is 0.308 e. The van der Waals surface area contributed by atoms with Crippen molar-refractivity contribution < 1.29 is 23.1 Å². The first kappa shape index (κ1) is 20.1. The second kappa shape index (κ2) is 8.59. The van der Waals surface area contributed by atoms with Crippen molar-refractivity contribution in [2.24, 2.45) is 0 Å². The molecule has 0 unspecified atom stereocenters. The Hall–Kier alpha value is -3.62. The van der Waals surface area contributed by atoms with Gasteiger partial charge in [0.25, 0.3) is 11.5 Å². The summed E-state index contributed by atoms with van der Waals surface area (Å²) in [6.45, 7) is 1.48. The van der Waals surface area contributed by atoms with Crippen molar-refractivity contribution >= 4 is 22.8 Å². The maximum Gasteiger partial charge on any atom is 0.308 e. The lowest BCUT2D eigenvalue weighted by Gasteiger charge is -2.08. The molecule has 3 rings (SSSR count). The number of nitrogens with one attached hydrogen (secondary N) is 2. The molecule has 0 atom stereocenters. The van der Waals surface area contributed by atoms with Crippen LogP contribution in [0.5, 0.6) is 0 Å². The number of rotatable bonds is 6. The average Bonchev–Trinajstić information content (AvgIpc) is 2.67. The highest BCUT2D eigenvalue weighted by Gasteiger charge is 2.13. The van der Waals surface area contributed by atoms with E-state index in [0.717, 1.165) is 17.7 Å². The van der Waals surface area contributed by atoms with Crippen LogP contribution in [0.4, 0.5) is 8.78 Å². The van der Waals surface area contributed by atoms with Gasteiger partial charge in [-0.25, -0.2) is 13.8 Å². The van der Waals surface area contributed by atoms with E-state index in [1.165, 1.54) is 0 Å². The molecular weight excluding hydrogens is 384 g/mol. The lowest BCUT2D eigenvalue weighted by atomic mass is 10.1. The van der Waals surface area contributed by atoms with Gasteiger partial charge in [0, 0.05) is 12.6 Å². The summed E-state index contributed by atoms with van der Waals surface area (Å²) < 4.78 is 31.5. The summed E-state index contributed by atoms with van der Waals surface area (Å²) in [7, 11) is 0. The number of fused-ring (bicyclic) bond motifs is 1. The first-order valence-corrected chi connectivity index (χ1v) is 8.72. The molecule has 0 bridgehead atoms. The number of ether oxygens (including phenoxy) is 1. The van der Waals surface area contributed by atoms with Crippen molar-refractivity contribution in [1.82, 2.24) is 15.3 Å². The van der Waals surface area contributed by atoms with Gasteiger partial charge in [0.2, 0.25) is 0 Å². The van der Waals surface area contributed by atoms with Crippen LogP contribution in [-0.4, -0.2) is 28.4 Å². The van der Waals surface area contributed by atoms with E-state index < -0.39 is 23.5 Å². The second-order valence-electron chi connectivity index (χ2n) is 6.27. The van der Waals surface area contributed by atoms with E-state index in [2.05, 4.69) is 15.3 Å². The molecule has 0 fully saturated rings. The number of H-pyrrole nitrogens is 1. The molecule has 0 spiro atoms. The number of carbonyl (C=O) groups excluding carboxylic acids is 2. The second-order valence-corrected chi connectivity index (χ2v) is 6.27. The molecule has 0 aliphatic heterocycles. The average molecular weight is 401 g/mol. The summed E-state index contributed by atoms with van der Waals surface area (Å²) in [5.41, 5.74) is 0.680. The Balaban J connectivity index is 1.53. The minimum absolute atomic E-state index is 0.102. The van der Waals surface area contributed by atoms with Crippen LogP contribution >= 0.6 is 0 Å². The van der Waals surface area contributed by atoms with Gasteiger partial charge in [-0.2, -0.15) is 0 Å². The Labute approximate surface area is 163 Å². The van der Waals surface area contributed by atoms with E-state index in [1.54, 1.807) is 12.1 Å². The third kappa shape index (κ3) is 4.81. The summed E-state index contributed by atoms with van der Waals surface area (Å²) in [5.74, 6) is -3.00. The summed E-state index contributed by atoms with van der Waals surface area (Å²) >= 11 is 0. The van der Waals surface area contributed by atoms with Crippen LogP contribution in [0.3, 0.4) is 0 Å². The molecule has 0 saturated heterocycles. The SMILES string of the molecule is Cc1cccc2c(=O)[nH]c(COC(=O)CCNC(=O)c3ccc(F)cc3F)nc12. The number of aryl methyl sites for hydroxylation is 1. The summed E-state index contributed by atoms with van der Waals surface area (Å²) in [5, 5.41) is 2.79. The summed E-state index contributed by atoms with van der Waals surface area (Å²) in [6.07, 6.45) is -0.175. The lowest BCUT2D eigenvalue weighted by molar-refractivity contribution is -0.145. The largest absolute Gasteiger partial charge is 0.457 e. The molecule has 0 aliphatic rings. The highest BCUT2D eigenvalue weighted by Crippen LogP contribution is 2.12. The molecule has 0 radical (unpaired) electrons. The number of amides is 1. The van der Waals surface area contributed by atoms with E-state index in [1.807, 2.05) is 13.0 Å². The minimum Gasteiger partial charge on any atom is -0.457 e. The third-order valence-electron chi connectivity index (χ3n) is 4.15. The van der Waals surface area contributed by atoms with Crippen molar-refractivity contribution in [3.05, 3.63) is 75.3 Å². The molecule has 29 heavy (non-hydrogen) atoms. The number of esters is 1. The first-order valence-electron chi connectivity index (χ1n) is 8.72. The molecule has 2 N–H and O–H groups in total. The number of para-hydroxylation sites is 1. The zero-order valence-corrected chi connectivity index (χ0v) is 15.4. The maximum absolute atomic E-state index is 13.5. The molecule has 1 heterocycles. The van der Waals surface area contributed by atoms with Crippen LogP contribution in [0.15, 0.2) is 41.2 Å². The Morgan fingerprint density at radius 3 is 2.76 bits per heavy atom. The van der Waals surface area contributed by atoms with Crippen molar-refractivity contribution in [2.45, 2.75) is 20.0 Å². The molecule has 2 aromatic carbocycles. The van der Waals surface area contributed by atoms with Crippen LogP contribution < -0.4 is 10.9 Å². The Bertz CT molecular complexity index is 1140. The number of hydrogen-bond acceptors (Lipinski definition) is 5. The van der Waals surface area contributed by atoms with E-state index >= 15 is 0 Å². The molecule has 0 saturated carbocycles. The van der Waals surface area contributed by atoms with Crippen molar-refractivity contribution in [2.75, 3.05) is 6.54 Å². The van der Waals surface area contributed by atoms with E-state index in [-0.39, 0.29) is 36.5 Å². The standard InChI is InChI=1S/C20H17F2N3O4/c1-11-3-2-4-14-18(11)24-16(25-20(14)28)10-29-17(26)7-8-23-19(27)13-6-5-12(21)9-15(13)22/h2-6,9H,7-8,10H2,1H3,(H,23,27)(H,24,25,28). The van der Waals surface area contributed by atoms with Crippen LogP contribution in [0.25, 0.3) is 10.9 Å². The first-order chi connectivity index (χ1) is 13.8. The van der Waals surface area contributed by atoms with E-state index in [9.17, 15) is 23.2 Å². The highest BCUT2D eigenvalue weighted by molar-refractivity contribution is 5.94. The van der Waals surface area contributed by atoms with Gasteiger partial charge in [-0.3, -0.25) is 14.4 Å². The molecule has 0 aliphatic carbocycles. The Morgan fingerprint density at radius 1 is 1.21 bits per heavy atom. The zero-order chi connectivity index (χ0) is 21.0. The van der Waals surface area contributed by atoms with Gasteiger partial charge in [-0.05, 0) is 30.7 Å². The zero-order valence-electron chi connectivity index (χ0n) is 15.4. The van der Waals surface area contributed by atoms with Crippen LogP contribution in [0.2, 0.25) is 0 Å². The van der Waals surface area contributed by atoms with Gasteiger partial charge in [0.05, 0.1) is 22.9 Å². The fourth-order valence-corrected chi connectivity index (χ4v) is 2.69. The highest BCUT2D eigenvalue weighted by atomic mass is 19.1. The fourth-order valence-electron chi connectivity index (χ4n) is 2.69. The summed E-state index contributed by atoms with van der Waals surface area (Å²) in [6, 6.07) is 7.80. The molecule has 1 aromatic heterocycles. The number of halogens is 2. The monoisotopic (exact) mass is 401 g/mol. The molecule has 9 heteroatoms. The van der Waals surface area contributed by atoms with Crippen LogP contribution in [-0.2, 0) is 16.1 Å². The van der Waals surface area contributed by atoms with Crippen molar-refractivity contribution in [3.8, 4) is 0 Å². The van der Waals surface area contributed by atoms with E-state index in [4.69, 9.17) is 4.74 Å². The predicted molar refractivity (Wildman–Crippen MR) is 100 cm³/mol. The molecule has 150 valence electrons. The van der Waals surface area contributed by atoms with Crippen LogP contribution in [0, 0.1) is 18.6 Å². The van der Waals surface area contributed by atoms with Gasteiger partial charge >= 0.3 is 5.97 Å². The minimum atomic E-state index is -0.994. The number of hydrogen-bond donors (Lipinski definition) is 2. The van der Waals surface area contributed by atoms with Crippen LogP contribution in [0.1, 0.15) is 28.2 Å². The number of benzene rings is 2. The molecule has 3 aromatic rings. The summed E-state index contributed by atoms with van der Waals surface area (Å²) in [4.78, 5) is 42.6. The fraction of sp³-hybridized carbons (Fsp3) is 0.200. The van der Waals surface area contributed by atoms with Gasteiger partial charge < -0.3 is 15.0 Å². The number of carbonyl (C=O) groups is 2.